The van der Waals surface area contributed by atoms with Gasteiger partial charge in [-0.3, -0.25) is 0 Å². The summed E-state index contributed by atoms with van der Waals surface area (Å²) in [6, 6.07) is 0. The fourth-order valence-electron chi connectivity index (χ4n) is 3.13. The molecule has 0 heterocycles. The van der Waals surface area contributed by atoms with E-state index in [1.165, 1.54) is 19.3 Å². The molecule has 0 aliphatic heterocycles. The van der Waals surface area contributed by atoms with Gasteiger partial charge >= 0.3 is 0 Å². The van der Waals surface area contributed by atoms with E-state index in [0.29, 0.717) is 6.54 Å². The van der Waals surface area contributed by atoms with Crippen molar-refractivity contribution in [1.29, 1.82) is 0 Å². The molecule has 0 radical (unpaired) electrons. The van der Waals surface area contributed by atoms with Crippen molar-refractivity contribution in [3.05, 3.63) is 0 Å². The van der Waals surface area contributed by atoms with E-state index >= 15 is 0 Å². The summed E-state index contributed by atoms with van der Waals surface area (Å²) in [5.41, 5.74) is 6.17. The molecule has 0 saturated heterocycles. The molecule has 1 atom stereocenters. The van der Waals surface area contributed by atoms with Gasteiger partial charge in [0.15, 0.2) is 0 Å². The van der Waals surface area contributed by atoms with Crippen LogP contribution < -0.4 is 5.73 Å². The van der Waals surface area contributed by atoms with Gasteiger partial charge in [0.05, 0.1) is 6.10 Å². The van der Waals surface area contributed by atoms with Gasteiger partial charge in [-0.2, -0.15) is 0 Å². The lowest BCUT2D eigenvalue weighted by atomic mass is 9.64. The number of hydrogen-bond acceptors (Lipinski definition) is 2. The SMILES string of the molecule is CCC1CCC(CN)(C(O)CC(C)(C)C)CC1. The third kappa shape index (κ3) is 3.96. The molecule has 17 heavy (non-hydrogen) atoms. The maximum absolute atomic E-state index is 10.5. The molecule has 1 aliphatic rings. The van der Waals surface area contributed by atoms with E-state index in [0.717, 1.165) is 25.2 Å². The summed E-state index contributed by atoms with van der Waals surface area (Å²) in [7, 11) is 0. The van der Waals surface area contributed by atoms with Crippen molar-refractivity contribution in [2.24, 2.45) is 22.5 Å². The third-order valence-corrected chi connectivity index (χ3v) is 4.60. The van der Waals surface area contributed by atoms with Gasteiger partial charge < -0.3 is 10.8 Å². The summed E-state index contributed by atoms with van der Waals surface area (Å²) in [5, 5.41) is 10.5. The van der Waals surface area contributed by atoms with Crippen molar-refractivity contribution in [2.75, 3.05) is 6.54 Å². The standard InChI is InChI=1S/C15H31NO/c1-5-12-6-8-15(11-16,9-7-12)13(17)10-14(2,3)4/h12-13,17H,5-11,16H2,1-4H3. The number of hydrogen-bond donors (Lipinski definition) is 2. The van der Waals surface area contributed by atoms with E-state index in [1.54, 1.807) is 0 Å². The maximum atomic E-state index is 10.5. The number of aliphatic hydroxyl groups is 1. The van der Waals surface area contributed by atoms with Crippen LogP contribution in [0.25, 0.3) is 0 Å². The first kappa shape index (κ1) is 15.0. The number of nitrogens with two attached hydrogens (primary N) is 1. The summed E-state index contributed by atoms with van der Waals surface area (Å²) >= 11 is 0. The second kappa shape index (κ2) is 5.71. The van der Waals surface area contributed by atoms with E-state index in [-0.39, 0.29) is 16.9 Å². The van der Waals surface area contributed by atoms with Gasteiger partial charge in [0, 0.05) is 12.0 Å². The molecule has 0 amide bonds. The van der Waals surface area contributed by atoms with Crippen LogP contribution in [0.1, 0.15) is 66.2 Å². The van der Waals surface area contributed by atoms with Gasteiger partial charge in [0.25, 0.3) is 0 Å². The van der Waals surface area contributed by atoms with E-state index in [4.69, 9.17) is 5.73 Å². The lowest BCUT2D eigenvalue weighted by Crippen LogP contribution is -2.46. The molecule has 2 nitrogen and oxygen atoms in total. The van der Waals surface area contributed by atoms with Crippen molar-refractivity contribution < 1.29 is 5.11 Å². The maximum Gasteiger partial charge on any atom is 0.0613 e. The minimum Gasteiger partial charge on any atom is -0.392 e. The highest BCUT2D eigenvalue weighted by Gasteiger charge is 2.41. The third-order valence-electron chi connectivity index (χ3n) is 4.60. The minimum atomic E-state index is -0.231. The Hall–Kier alpha value is -0.0800. The van der Waals surface area contributed by atoms with Gasteiger partial charge in [0.1, 0.15) is 0 Å². The van der Waals surface area contributed by atoms with Crippen molar-refractivity contribution >= 4 is 0 Å². The molecule has 1 unspecified atom stereocenters. The Morgan fingerprint density at radius 3 is 2.18 bits per heavy atom. The Bertz CT molecular complexity index is 224. The zero-order chi connectivity index (χ0) is 13.1. The molecule has 2 heteroatoms. The van der Waals surface area contributed by atoms with Gasteiger partial charge in [-0.25, -0.2) is 0 Å². The van der Waals surface area contributed by atoms with E-state index < -0.39 is 0 Å². The van der Waals surface area contributed by atoms with Crippen molar-refractivity contribution in [2.45, 2.75) is 72.3 Å². The van der Waals surface area contributed by atoms with Crippen LogP contribution in [0.4, 0.5) is 0 Å². The summed E-state index contributed by atoms with van der Waals surface area (Å²) < 4.78 is 0. The van der Waals surface area contributed by atoms with Crippen LogP contribution in [0.5, 0.6) is 0 Å². The largest absolute Gasteiger partial charge is 0.392 e. The smallest absolute Gasteiger partial charge is 0.0613 e. The van der Waals surface area contributed by atoms with E-state index in [9.17, 15) is 5.11 Å². The van der Waals surface area contributed by atoms with E-state index in [2.05, 4.69) is 27.7 Å². The highest BCUT2D eigenvalue weighted by molar-refractivity contribution is 4.93. The summed E-state index contributed by atoms with van der Waals surface area (Å²) in [6.07, 6.45) is 6.62. The fraction of sp³-hybridized carbons (Fsp3) is 1.00. The van der Waals surface area contributed by atoms with Crippen LogP contribution in [0, 0.1) is 16.7 Å². The lowest BCUT2D eigenvalue weighted by molar-refractivity contribution is -0.0304. The van der Waals surface area contributed by atoms with Gasteiger partial charge in [-0.15, -0.1) is 0 Å². The Kier molecular flexibility index (Phi) is 5.03. The quantitative estimate of drug-likeness (QED) is 0.793. The molecule has 1 saturated carbocycles. The lowest BCUT2D eigenvalue weighted by Gasteiger charge is -2.44. The summed E-state index contributed by atoms with van der Waals surface area (Å²) in [4.78, 5) is 0. The molecule has 1 rings (SSSR count). The van der Waals surface area contributed by atoms with Gasteiger partial charge in [0.2, 0.25) is 0 Å². The Balaban J connectivity index is 2.63. The average molecular weight is 241 g/mol. The van der Waals surface area contributed by atoms with Gasteiger partial charge in [-0.1, -0.05) is 34.1 Å². The van der Waals surface area contributed by atoms with Crippen molar-refractivity contribution in [3.8, 4) is 0 Å². The summed E-state index contributed by atoms with van der Waals surface area (Å²) in [6.45, 7) is 9.49. The highest BCUT2D eigenvalue weighted by Crippen LogP contribution is 2.44. The normalized spacial score (nSPS) is 32.5. The predicted molar refractivity (Wildman–Crippen MR) is 73.8 cm³/mol. The zero-order valence-corrected chi connectivity index (χ0v) is 12.1. The molecule has 1 fully saturated rings. The Morgan fingerprint density at radius 2 is 1.82 bits per heavy atom. The molecule has 0 aromatic carbocycles. The molecular formula is C15H31NO. The topological polar surface area (TPSA) is 46.2 Å². The molecule has 0 spiro atoms. The molecule has 3 N–H and O–H groups in total. The second-order valence-electron chi connectivity index (χ2n) is 7.20. The monoisotopic (exact) mass is 241 g/mol. The Morgan fingerprint density at radius 1 is 1.29 bits per heavy atom. The first-order valence-corrected chi connectivity index (χ1v) is 7.21. The van der Waals surface area contributed by atoms with Crippen LogP contribution >= 0.6 is 0 Å². The molecule has 0 aromatic rings. The average Bonchev–Trinajstić information content (AvgIpc) is 2.27. The minimum absolute atomic E-state index is 0.00104. The second-order valence-corrected chi connectivity index (χ2v) is 7.20. The first-order valence-electron chi connectivity index (χ1n) is 7.21. The van der Waals surface area contributed by atoms with Crippen LogP contribution in [0.3, 0.4) is 0 Å². The van der Waals surface area contributed by atoms with Gasteiger partial charge in [-0.05, 0) is 43.4 Å². The molecule has 1 aliphatic carbocycles. The zero-order valence-electron chi connectivity index (χ0n) is 12.1. The first-order chi connectivity index (χ1) is 7.83. The number of rotatable bonds is 4. The molecular weight excluding hydrogens is 210 g/mol. The van der Waals surface area contributed by atoms with Crippen LogP contribution in [0.2, 0.25) is 0 Å². The van der Waals surface area contributed by atoms with Crippen molar-refractivity contribution in [3.63, 3.8) is 0 Å². The fourth-order valence-corrected chi connectivity index (χ4v) is 3.13. The van der Waals surface area contributed by atoms with Crippen molar-refractivity contribution in [1.82, 2.24) is 0 Å². The van der Waals surface area contributed by atoms with Crippen LogP contribution in [0.15, 0.2) is 0 Å². The van der Waals surface area contributed by atoms with E-state index in [1.807, 2.05) is 0 Å². The molecule has 0 bridgehead atoms. The molecule has 0 aromatic heterocycles. The van der Waals surface area contributed by atoms with Crippen LogP contribution in [-0.4, -0.2) is 17.8 Å². The predicted octanol–water partition coefficient (Wildman–Crippen LogP) is 3.33. The number of aliphatic hydroxyl groups excluding tert-OH is 1. The highest BCUT2D eigenvalue weighted by atomic mass is 16.3. The molecule has 102 valence electrons. The Labute approximate surface area is 107 Å². The summed E-state index contributed by atoms with van der Waals surface area (Å²) in [5.74, 6) is 0.858. The van der Waals surface area contributed by atoms with Crippen LogP contribution in [-0.2, 0) is 0 Å².